The Morgan fingerprint density at radius 1 is 0.919 bits per heavy atom. The lowest BCUT2D eigenvalue weighted by molar-refractivity contribution is -0.126. The number of hydrogen-bond acceptors (Lipinski definition) is 4. The highest BCUT2D eigenvalue weighted by molar-refractivity contribution is 6.07. The van der Waals surface area contributed by atoms with E-state index in [4.69, 9.17) is 0 Å². The van der Waals surface area contributed by atoms with Crippen LogP contribution in [-0.2, 0) is 11.3 Å². The lowest BCUT2D eigenvalue weighted by Crippen LogP contribution is -2.45. The molecule has 1 aromatic heterocycles. The summed E-state index contributed by atoms with van der Waals surface area (Å²) in [6, 6.07) is 24.3. The molecular formula is C30H28N4O3. The summed E-state index contributed by atoms with van der Waals surface area (Å²) >= 11 is 0. The maximum atomic E-state index is 13.3. The zero-order valence-electron chi connectivity index (χ0n) is 20.4. The van der Waals surface area contributed by atoms with E-state index in [0.717, 1.165) is 29.2 Å². The molecule has 0 spiro atoms. The van der Waals surface area contributed by atoms with E-state index in [2.05, 4.69) is 15.6 Å². The summed E-state index contributed by atoms with van der Waals surface area (Å²) in [4.78, 5) is 44.5. The zero-order chi connectivity index (χ0) is 25.6. The molecule has 1 saturated heterocycles. The van der Waals surface area contributed by atoms with E-state index in [-0.39, 0.29) is 23.6 Å². The average molecular weight is 493 g/mol. The van der Waals surface area contributed by atoms with E-state index in [1.165, 1.54) is 0 Å². The minimum Gasteiger partial charge on any atom is -0.352 e. The highest BCUT2D eigenvalue weighted by Crippen LogP contribution is 2.24. The van der Waals surface area contributed by atoms with Crippen LogP contribution in [0.1, 0.15) is 39.1 Å². The fraction of sp³-hybridized carbons (Fsp3) is 0.200. The van der Waals surface area contributed by atoms with Crippen molar-refractivity contribution in [2.45, 2.75) is 19.4 Å². The number of piperidine rings is 1. The van der Waals surface area contributed by atoms with Crippen LogP contribution in [0, 0.1) is 5.92 Å². The Bertz CT molecular complexity index is 1430. The van der Waals surface area contributed by atoms with Gasteiger partial charge in [-0.3, -0.25) is 19.4 Å². The van der Waals surface area contributed by atoms with Crippen LogP contribution in [0.25, 0.3) is 10.8 Å². The van der Waals surface area contributed by atoms with E-state index in [1.807, 2.05) is 66.7 Å². The zero-order valence-corrected chi connectivity index (χ0v) is 20.4. The van der Waals surface area contributed by atoms with Gasteiger partial charge in [-0.2, -0.15) is 0 Å². The third kappa shape index (κ3) is 5.67. The highest BCUT2D eigenvalue weighted by atomic mass is 16.2. The summed E-state index contributed by atoms with van der Waals surface area (Å²) in [5.74, 6) is -0.586. The van der Waals surface area contributed by atoms with Gasteiger partial charge in [0.05, 0.1) is 5.92 Å². The van der Waals surface area contributed by atoms with Crippen molar-refractivity contribution in [2.75, 3.05) is 18.4 Å². The molecule has 1 atom stereocenters. The Morgan fingerprint density at radius 3 is 2.57 bits per heavy atom. The standard InChI is InChI=1S/C30H28N4O3/c35-28(32-19-21-6-3-10-25(18-21)33-29(36)23-13-15-31-16-14-23)24-9-5-17-34(20-24)30(37)27-12-4-8-22-7-1-2-11-26(22)27/h1-4,6-8,10-16,18,24H,5,9,17,19-20H2,(H,32,35)(H,33,36). The number of benzene rings is 3. The molecule has 3 aromatic carbocycles. The maximum absolute atomic E-state index is 13.3. The van der Waals surface area contributed by atoms with Gasteiger partial charge in [0.1, 0.15) is 0 Å². The number of carbonyl (C=O) groups excluding carboxylic acids is 3. The molecule has 1 fully saturated rings. The second-order valence-corrected chi connectivity index (χ2v) is 9.23. The molecule has 1 aliphatic heterocycles. The van der Waals surface area contributed by atoms with Gasteiger partial charge < -0.3 is 15.5 Å². The molecule has 2 heterocycles. The number of pyridine rings is 1. The fourth-order valence-corrected chi connectivity index (χ4v) is 4.76. The molecule has 0 bridgehead atoms. The Hall–Kier alpha value is -4.52. The van der Waals surface area contributed by atoms with Crippen LogP contribution in [-0.4, -0.2) is 40.7 Å². The molecule has 2 N–H and O–H groups in total. The average Bonchev–Trinajstić information content (AvgIpc) is 2.96. The second-order valence-electron chi connectivity index (χ2n) is 9.23. The largest absolute Gasteiger partial charge is 0.352 e. The SMILES string of the molecule is O=C(Nc1cccc(CNC(=O)C2CCCN(C(=O)c3cccc4ccccc34)C2)c1)c1ccncc1. The van der Waals surface area contributed by atoms with Crippen molar-refractivity contribution in [2.24, 2.45) is 5.92 Å². The van der Waals surface area contributed by atoms with Crippen molar-refractivity contribution in [1.82, 2.24) is 15.2 Å². The number of nitrogens with one attached hydrogen (secondary N) is 2. The first-order chi connectivity index (χ1) is 18.1. The number of aromatic nitrogens is 1. The van der Waals surface area contributed by atoms with Crippen molar-refractivity contribution in [3.8, 4) is 0 Å². The molecule has 1 aliphatic rings. The number of fused-ring (bicyclic) bond motifs is 1. The van der Waals surface area contributed by atoms with Crippen LogP contribution in [0.15, 0.2) is 91.3 Å². The molecule has 1 unspecified atom stereocenters. The van der Waals surface area contributed by atoms with Gasteiger partial charge in [-0.25, -0.2) is 0 Å². The molecular weight excluding hydrogens is 464 g/mol. The molecule has 5 rings (SSSR count). The van der Waals surface area contributed by atoms with Gasteiger partial charge in [0.2, 0.25) is 5.91 Å². The van der Waals surface area contributed by atoms with E-state index < -0.39 is 0 Å². The number of nitrogens with zero attached hydrogens (tertiary/aromatic N) is 2. The van der Waals surface area contributed by atoms with Crippen LogP contribution in [0.4, 0.5) is 5.69 Å². The van der Waals surface area contributed by atoms with Crippen LogP contribution in [0.2, 0.25) is 0 Å². The van der Waals surface area contributed by atoms with Gasteiger partial charge in [-0.1, -0.05) is 48.5 Å². The number of rotatable bonds is 6. The van der Waals surface area contributed by atoms with Crippen LogP contribution >= 0.6 is 0 Å². The summed E-state index contributed by atoms with van der Waals surface area (Å²) in [5, 5.41) is 7.84. The normalized spacial score (nSPS) is 15.2. The van der Waals surface area contributed by atoms with Gasteiger partial charge in [0, 0.05) is 48.8 Å². The van der Waals surface area contributed by atoms with E-state index in [9.17, 15) is 14.4 Å². The second kappa shape index (κ2) is 11.0. The van der Waals surface area contributed by atoms with Crippen LogP contribution < -0.4 is 10.6 Å². The van der Waals surface area contributed by atoms with Gasteiger partial charge >= 0.3 is 0 Å². The smallest absolute Gasteiger partial charge is 0.255 e. The lowest BCUT2D eigenvalue weighted by Gasteiger charge is -2.32. The first-order valence-electron chi connectivity index (χ1n) is 12.4. The fourth-order valence-electron chi connectivity index (χ4n) is 4.76. The molecule has 7 heteroatoms. The predicted molar refractivity (Wildman–Crippen MR) is 143 cm³/mol. The summed E-state index contributed by atoms with van der Waals surface area (Å²) in [6.07, 6.45) is 4.67. The number of anilines is 1. The van der Waals surface area contributed by atoms with Crippen molar-refractivity contribution in [3.05, 3.63) is 108 Å². The summed E-state index contributed by atoms with van der Waals surface area (Å²) in [6.45, 7) is 1.38. The molecule has 0 aliphatic carbocycles. The van der Waals surface area contributed by atoms with E-state index >= 15 is 0 Å². The third-order valence-electron chi connectivity index (χ3n) is 6.69. The lowest BCUT2D eigenvalue weighted by atomic mass is 9.95. The Kier molecular flexibility index (Phi) is 7.21. The van der Waals surface area contributed by atoms with Crippen LogP contribution in [0.3, 0.4) is 0 Å². The van der Waals surface area contributed by atoms with Gasteiger partial charge in [0.25, 0.3) is 11.8 Å². The highest BCUT2D eigenvalue weighted by Gasteiger charge is 2.29. The quantitative estimate of drug-likeness (QED) is 0.410. The van der Waals surface area contributed by atoms with E-state index in [1.54, 1.807) is 29.4 Å². The summed E-state index contributed by atoms with van der Waals surface area (Å²) in [5.41, 5.74) is 2.72. The topological polar surface area (TPSA) is 91.4 Å². The minimum absolute atomic E-state index is 0.0352. The predicted octanol–water partition coefficient (Wildman–Crippen LogP) is 4.66. The number of amides is 3. The first kappa shape index (κ1) is 24.2. The van der Waals surface area contributed by atoms with Crippen molar-refractivity contribution < 1.29 is 14.4 Å². The molecule has 3 amide bonds. The molecule has 0 radical (unpaired) electrons. The molecule has 0 saturated carbocycles. The Balaban J connectivity index is 1.19. The van der Waals surface area contributed by atoms with Crippen molar-refractivity contribution in [3.63, 3.8) is 0 Å². The first-order valence-corrected chi connectivity index (χ1v) is 12.4. The summed E-state index contributed by atoms with van der Waals surface area (Å²) in [7, 11) is 0. The number of likely N-dealkylation sites (tertiary alicyclic amines) is 1. The monoisotopic (exact) mass is 492 g/mol. The van der Waals surface area contributed by atoms with Crippen molar-refractivity contribution >= 4 is 34.2 Å². The minimum atomic E-state index is -0.262. The molecule has 186 valence electrons. The Morgan fingerprint density at radius 2 is 1.70 bits per heavy atom. The van der Waals surface area contributed by atoms with Gasteiger partial charge in [-0.15, -0.1) is 0 Å². The van der Waals surface area contributed by atoms with Gasteiger partial charge in [-0.05, 0) is 59.5 Å². The van der Waals surface area contributed by atoms with Gasteiger partial charge in [0.15, 0.2) is 0 Å². The maximum Gasteiger partial charge on any atom is 0.255 e. The number of hydrogen-bond donors (Lipinski definition) is 2. The summed E-state index contributed by atoms with van der Waals surface area (Å²) < 4.78 is 0. The van der Waals surface area contributed by atoms with E-state index in [0.29, 0.717) is 36.4 Å². The van der Waals surface area contributed by atoms with Crippen LogP contribution in [0.5, 0.6) is 0 Å². The molecule has 37 heavy (non-hydrogen) atoms. The third-order valence-corrected chi connectivity index (χ3v) is 6.69. The Labute approximate surface area is 215 Å². The van der Waals surface area contributed by atoms with Crippen molar-refractivity contribution in [1.29, 1.82) is 0 Å². The molecule has 7 nitrogen and oxygen atoms in total. The molecule has 4 aromatic rings. The number of carbonyl (C=O) groups is 3.